The molecule has 2 heterocycles. The number of hydrogen-bond donors (Lipinski definition) is 1. The molecule has 7 heteroatoms. The highest BCUT2D eigenvalue weighted by molar-refractivity contribution is 7.91. The van der Waals surface area contributed by atoms with Gasteiger partial charge >= 0.3 is 6.09 Å². The topological polar surface area (TPSA) is 87.6 Å². The molecule has 2 rings (SSSR count). The lowest BCUT2D eigenvalue weighted by Crippen LogP contribution is -2.51. The smallest absolute Gasteiger partial charge is 0.407 e. The van der Waals surface area contributed by atoms with Crippen LogP contribution in [0.25, 0.3) is 0 Å². The van der Waals surface area contributed by atoms with Crippen LogP contribution in [0.2, 0.25) is 0 Å². The lowest BCUT2D eigenvalue weighted by atomic mass is 10.0. The van der Waals surface area contributed by atoms with Crippen molar-refractivity contribution in [2.45, 2.75) is 4.90 Å². The standard InChI is InChI=1S/C10H12N2O4S/c13-10(14)12-5-8(6-12)7-17(15,16)9-1-3-11-4-2-9/h1-4,8H,5-7H2,(H,13,14). The Morgan fingerprint density at radius 3 is 2.53 bits per heavy atom. The van der Waals surface area contributed by atoms with Gasteiger partial charge in [0.25, 0.3) is 0 Å². The minimum Gasteiger partial charge on any atom is -0.465 e. The molecule has 0 unspecified atom stereocenters. The van der Waals surface area contributed by atoms with E-state index in [0.717, 1.165) is 0 Å². The zero-order valence-corrected chi connectivity index (χ0v) is 9.80. The number of carboxylic acid groups (broad SMARTS) is 1. The van der Waals surface area contributed by atoms with E-state index in [4.69, 9.17) is 5.11 Å². The summed E-state index contributed by atoms with van der Waals surface area (Å²) in [6.07, 6.45) is 1.86. The van der Waals surface area contributed by atoms with E-state index >= 15 is 0 Å². The lowest BCUT2D eigenvalue weighted by molar-refractivity contribution is 0.0894. The number of amides is 1. The van der Waals surface area contributed by atoms with Gasteiger partial charge in [0.05, 0.1) is 10.6 Å². The molecule has 0 bridgehead atoms. The maximum Gasteiger partial charge on any atom is 0.407 e. The number of pyridine rings is 1. The summed E-state index contributed by atoms with van der Waals surface area (Å²) < 4.78 is 23.8. The Morgan fingerprint density at radius 1 is 1.41 bits per heavy atom. The first-order chi connectivity index (χ1) is 7.99. The summed E-state index contributed by atoms with van der Waals surface area (Å²) in [5.41, 5.74) is 0. The van der Waals surface area contributed by atoms with Gasteiger partial charge in [-0.2, -0.15) is 0 Å². The van der Waals surface area contributed by atoms with Gasteiger partial charge in [0.15, 0.2) is 9.84 Å². The van der Waals surface area contributed by atoms with Gasteiger partial charge in [0, 0.05) is 31.4 Å². The van der Waals surface area contributed by atoms with E-state index in [1.54, 1.807) is 0 Å². The first-order valence-electron chi connectivity index (χ1n) is 5.10. The molecule has 0 saturated carbocycles. The minimum absolute atomic E-state index is 0.0131. The molecule has 0 radical (unpaired) electrons. The third kappa shape index (κ3) is 2.55. The highest BCUT2D eigenvalue weighted by Crippen LogP contribution is 2.21. The van der Waals surface area contributed by atoms with E-state index in [9.17, 15) is 13.2 Å². The summed E-state index contributed by atoms with van der Waals surface area (Å²) in [5, 5.41) is 8.63. The first-order valence-corrected chi connectivity index (χ1v) is 6.75. The fraction of sp³-hybridized carbons (Fsp3) is 0.400. The molecule has 1 aromatic rings. The Labute approximate surface area is 98.8 Å². The Balaban J connectivity index is 1.99. The largest absolute Gasteiger partial charge is 0.465 e. The molecule has 0 aromatic carbocycles. The number of likely N-dealkylation sites (tertiary alicyclic amines) is 1. The van der Waals surface area contributed by atoms with Gasteiger partial charge in [-0.3, -0.25) is 4.98 Å². The highest BCUT2D eigenvalue weighted by atomic mass is 32.2. The molecule has 1 fully saturated rings. The molecule has 0 aliphatic carbocycles. The van der Waals surface area contributed by atoms with E-state index in [-0.39, 0.29) is 16.6 Å². The van der Waals surface area contributed by atoms with Crippen LogP contribution in [0.1, 0.15) is 0 Å². The molecule has 92 valence electrons. The predicted molar refractivity (Wildman–Crippen MR) is 59.4 cm³/mol. The van der Waals surface area contributed by atoms with E-state index in [0.29, 0.717) is 13.1 Å². The van der Waals surface area contributed by atoms with Crippen molar-refractivity contribution in [3.05, 3.63) is 24.5 Å². The average molecular weight is 256 g/mol. The van der Waals surface area contributed by atoms with Crippen LogP contribution in [0.3, 0.4) is 0 Å². The van der Waals surface area contributed by atoms with Crippen molar-refractivity contribution < 1.29 is 18.3 Å². The molecule has 1 amide bonds. The van der Waals surface area contributed by atoms with Gasteiger partial charge in [-0.05, 0) is 12.1 Å². The Morgan fingerprint density at radius 2 is 2.00 bits per heavy atom. The fourth-order valence-corrected chi connectivity index (χ4v) is 3.34. The first kappa shape index (κ1) is 11.8. The fourth-order valence-electron chi connectivity index (χ4n) is 1.78. The van der Waals surface area contributed by atoms with Crippen LogP contribution in [-0.4, -0.2) is 48.3 Å². The molecule has 6 nitrogen and oxygen atoms in total. The summed E-state index contributed by atoms with van der Waals surface area (Å²) in [4.78, 5) is 15.7. The number of hydrogen-bond acceptors (Lipinski definition) is 4. The summed E-state index contributed by atoms with van der Waals surface area (Å²) in [6.45, 7) is 0.583. The second kappa shape index (κ2) is 4.33. The van der Waals surface area contributed by atoms with Crippen LogP contribution in [0, 0.1) is 5.92 Å². The van der Waals surface area contributed by atoms with E-state index in [1.807, 2.05) is 0 Å². The van der Waals surface area contributed by atoms with Crippen molar-refractivity contribution >= 4 is 15.9 Å². The maximum atomic E-state index is 11.9. The van der Waals surface area contributed by atoms with E-state index in [2.05, 4.69) is 4.98 Å². The molecule has 1 aliphatic rings. The molecule has 0 spiro atoms. The van der Waals surface area contributed by atoms with Crippen molar-refractivity contribution in [3.63, 3.8) is 0 Å². The van der Waals surface area contributed by atoms with E-state index < -0.39 is 15.9 Å². The third-order valence-corrected chi connectivity index (χ3v) is 4.59. The van der Waals surface area contributed by atoms with Crippen molar-refractivity contribution in [2.24, 2.45) is 5.92 Å². The lowest BCUT2D eigenvalue weighted by Gasteiger charge is -2.36. The quantitative estimate of drug-likeness (QED) is 0.849. The third-order valence-electron chi connectivity index (χ3n) is 2.69. The molecular weight excluding hydrogens is 244 g/mol. The van der Waals surface area contributed by atoms with Crippen LogP contribution in [0.15, 0.2) is 29.4 Å². The predicted octanol–water partition coefficient (Wildman–Crippen LogP) is 0.465. The highest BCUT2D eigenvalue weighted by Gasteiger charge is 2.34. The molecule has 1 aliphatic heterocycles. The molecule has 0 atom stereocenters. The molecule has 1 N–H and O–H groups in total. The van der Waals surface area contributed by atoms with Crippen molar-refractivity contribution in [1.82, 2.24) is 9.88 Å². The van der Waals surface area contributed by atoms with Crippen LogP contribution in [-0.2, 0) is 9.84 Å². The summed E-state index contributed by atoms with van der Waals surface area (Å²) in [7, 11) is -3.33. The van der Waals surface area contributed by atoms with Gasteiger partial charge in [-0.1, -0.05) is 0 Å². The maximum absolute atomic E-state index is 11.9. The Bertz CT molecular complexity index is 508. The van der Waals surface area contributed by atoms with Crippen molar-refractivity contribution in [2.75, 3.05) is 18.8 Å². The monoisotopic (exact) mass is 256 g/mol. The molecule has 1 saturated heterocycles. The molecule has 1 aromatic heterocycles. The van der Waals surface area contributed by atoms with Gasteiger partial charge in [-0.25, -0.2) is 13.2 Å². The second-order valence-electron chi connectivity index (χ2n) is 4.02. The van der Waals surface area contributed by atoms with Gasteiger partial charge < -0.3 is 10.0 Å². The minimum atomic E-state index is -3.33. The molecular formula is C10H12N2O4S. The zero-order chi connectivity index (χ0) is 12.5. The van der Waals surface area contributed by atoms with Gasteiger partial charge in [-0.15, -0.1) is 0 Å². The van der Waals surface area contributed by atoms with Crippen LogP contribution in [0.5, 0.6) is 0 Å². The van der Waals surface area contributed by atoms with Crippen LogP contribution in [0.4, 0.5) is 4.79 Å². The summed E-state index contributed by atoms with van der Waals surface area (Å²) in [6, 6.07) is 2.89. The van der Waals surface area contributed by atoms with Crippen molar-refractivity contribution in [1.29, 1.82) is 0 Å². The van der Waals surface area contributed by atoms with Crippen LogP contribution >= 0.6 is 0 Å². The normalized spacial score (nSPS) is 16.6. The summed E-state index contributed by atoms with van der Waals surface area (Å²) in [5.74, 6) is -0.120. The number of rotatable bonds is 3. The van der Waals surface area contributed by atoms with Crippen LogP contribution < -0.4 is 0 Å². The Kier molecular flexibility index (Phi) is 3.01. The Hall–Kier alpha value is -1.63. The van der Waals surface area contributed by atoms with Crippen molar-refractivity contribution in [3.8, 4) is 0 Å². The number of carbonyl (C=O) groups is 1. The summed E-state index contributed by atoms with van der Waals surface area (Å²) >= 11 is 0. The SMILES string of the molecule is O=C(O)N1CC(CS(=O)(=O)c2ccncc2)C1. The van der Waals surface area contributed by atoms with E-state index in [1.165, 1.54) is 29.4 Å². The molecule has 17 heavy (non-hydrogen) atoms. The van der Waals surface area contributed by atoms with Gasteiger partial charge in [0.2, 0.25) is 0 Å². The average Bonchev–Trinajstić information content (AvgIpc) is 2.24. The number of aromatic nitrogens is 1. The zero-order valence-electron chi connectivity index (χ0n) is 8.98. The second-order valence-corrected chi connectivity index (χ2v) is 6.05. The van der Waals surface area contributed by atoms with Gasteiger partial charge in [0.1, 0.15) is 0 Å². The number of sulfone groups is 1. The number of nitrogens with zero attached hydrogens (tertiary/aromatic N) is 2.